The number of carboxylic acid groups (broad SMARTS) is 1. The maximum Gasteiger partial charge on any atom is 0.335 e. The van der Waals surface area contributed by atoms with E-state index in [4.69, 9.17) is 10.5 Å². The molecule has 0 aromatic carbocycles. The molecule has 0 unspecified atom stereocenters. The third kappa shape index (κ3) is 2.70. The second-order valence-corrected chi connectivity index (χ2v) is 3.94. The number of halogens is 1. The fourth-order valence-electron chi connectivity index (χ4n) is 0.392. The van der Waals surface area contributed by atoms with E-state index in [1.54, 1.807) is 22.6 Å². The van der Waals surface area contributed by atoms with E-state index in [0.29, 0.717) is 0 Å². The van der Waals surface area contributed by atoms with Gasteiger partial charge in [-0.1, -0.05) is 6.92 Å². The van der Waals surface area contributed by atoms with Crippen LogP contribution in [0.15, 0.2) is 8.48 Å². The topological polar surface area (TPSA) is 59.6 Å². The van der Waals surface area contributed by atoms with Crippen LogP contribution in [0.5, 0.6) is 0 Å². The van der Waals surface area contributed by atoms with Crippen LogP contribution in [0.25, 0.3) is 5.41 Å². The summed E-state index contributed by atoms with van der Waals surface area (Å²) in [5, 5.41) is 17.2. The molecule has 5 heteroatoms. The molecule has 0 atom stereocenters. The monoisotopic (exact) mass is 270 g/mol. The van der Waals surface area contributed by atoms with Crippen LogP contribution < -0.4 is 0 Å². The Hall–Kier alpha value is -0.0400. The SMILES string of the molecule is CC(=[N-])/C(C(=O)O)=C(\S)I. The van der Waals surface area contributed by atoms with Crippen LogP contribution in [-0.2, 0) is 4.79 Å². The molecule has 0 saturated carbocycles. The van der Waals surface area contributed by atoms with Crippen LogP contribution in [0, 0.1) is 0 Å². The molecule has 56 valence electrons. The maximum absolute atomic E-state index is 10.3. The van der Waals surface area contributed by atoms with Crippen LogP contribution >= 0.6 is 35.2 Å². The van der Waals surface area contributed by atoms with Gasteiger partial charge in [-0.15, -0.1) is 12.6 Å². The Balaban J connectivity index is 4.79. The van der Waals surface area contributed by atoms with Crippen molar-refractivity contribution < 1.29 is 9.90 Å². The number of nitrogens with zero attached hydrogens (tertiary/aromatic N) is 1. The van der Waals surface area contributed by atoms with Gasteiger partial charge in [-0.2, -0.15) is 5.71 Å². The van der Waals surface area contributed by atoms with Crippen molar-refractivity contribution in [3.63, 3.8) is 0 Å². The van der Waals surface area contributed by atoms with E-state index in [9.17, 15) is 4.79 Å². The lowest BCUT2D eigenvalue weighted by Gasteiger charge is -2.06. The summed E-state index contributed by atoms with van der Waals surface area (Å²) in [5.74, 6) is -1.17. The van der Waals surface area contributed by atoms with Gasteiger partial charge in [0.2, 0.25) is 0 Å². The highest BCUT2D eigenvalue weighted by molar-refractivity contribution is 14.1. The number of carbonyl (C=O) groups is 1. The summed E-state index contributed by atoms with van der Waals surface area (Å²) in [5.41, 5.74) is -0.379. The molecule has 0 amide bonds. The second-order valence-electron chi connectivity index (χ2n) is 1.56. The fourth-order valence-corrected chi connectivity index (χ4v) is 1.27. The third-order valence-corrected chi connectivity index (χ3v) is 1.54. The Morgan fingerprint density at radius 3 is 2.10 bits per heavy atom. The average Bonchev–Trinajstić information content (AvgIpc) is 1.59. The molecule has 3 nitrogen and oxygen atoms in total. The molecule has 1 N–H and O–H groups in total. The summed E-state index contributed by atoms with van der Waals surface area (Å²) >= 11 is 5.49. The number of hydrogen-bond acceptors (Lipinski definition) is 2. The van der Waals surface area contributed by atoms with Crippen molar-refractivity contribution in [3.8, 4) is 0 Å². The second kappa shape index (κ2) is 3.97. The highest BCUT2D eigenvalue weighted by Crippen LogP contribution is 2.17. The van der Waals surface area contributed by atoms with Crippen molar-refractivity contribution >= 4 is 46.9 Å². The van der Waals surface area contributed by atoms with Crippen LogP contribution in [-0.4, -0.2) is 16.8 Å². The first-order valence-electron chi connectivity index (χ1n) is 2.31. The Morgan fingerprint density at radius 2 is 2.10 bits per heavy atom. The Kier molecular flexibility index (Phi) is 3.95. The first-order valence-corrected chi connectivity index (χ1v) is 3.84. The first kappa shape index (κ1) is 9.96. The van der Waals surface area contributed by atoms with Crippen molar-refractivity contribution in [2.75, 3.05) is 0 Å². The molecule has 0 spiro atoms. The molecule has 0 radical (unpaired) electrons. The van der Waals surface area contributed by atoms with Crippen LogP contribution in [0.2, 0.25) is 0 Å². The highest BCUT2D eigenvalue weighted by atomic mass is 127. The summed E-state index contributed by atoms with van der Waals surface area (Å²) in [6.07, 6.45) is 0. The third-order valence-electron chi connectivity index (χ3n) is 0.782. The van der Waals surface area contributed by atoms with Crippen LogP contribution in [0.1, 0.15) is 6.92 Å². The molecular weight excluding hydrogens is 265 g/mol. The quantitative estimate of drug-likeness (QED) is 0.347. The predicted octanol–water partition coefficient (Wildman–Crippen LogP) is 1.68. The molecule has 0 aliphatic rings. The van der Waals surface area contributed by atoms with Crippen molar-refractivity contribution in [2.45, 2.75) is 6.92 Å². The van der Waals surface area contributed by atoms with Gasteiger partial charge in [-0.05, 0) is 22.6 Å². The lowest BCUT2D eigenvalue weighted by Crippen LogP contribution is -2.07. The van der Waals surface area contributed by atoms with Gasteiger partial charge in [0.25, 0.3) is 0 Å². The number of aliphatic carboxylic acids is 1. The van der Waals surface area contributed by atoms with Gasteiger partial charge < -0.3 is 10.5 Å². The molecule has 10 heavy (non-hydrogen) atoms. The molecule has 0 aliphatic heterocycles. The zero-order chi connectivity index (χ0) is 8.31. The normalized spacial score (nSPS) is 12.3. The highest BCUT2D eigenvalue weighted by Gasteiger charge is 2.06. The van der Waals surface area contributed by atoms with Crippen molar-refractivity contribution in [3.05, 3.63) is 13.9 Å². The van der Waals surface area contributed by atoms with Crippen molar-refractivity contribution in [2.24, 2.45) is 0 Å². The van der Waals surface area contributed by atoms with Crippen molar-refractivity contribution in [1.29, 1.82) is 0 Å². The van der Waals surface area contributed by atoms with E-state index in [-0.39, 0.29) is 14.2 Å². The predicted molar refractivity (Wildman–Crippen MR) is 51.7 cm³/mol. The summed E-state index contributed by atoms with van der Waals surface area (Å²) < 4.78 is 0.269. The van der Waals surface area contributed by atoms with E-state index in [2.05, 4.69) is 12.6 Å². The Labute approximate surface area is 77.6 Å². The Bertz CT molecular complexity index is 192. The van der Waals surface area contributed by atoms with Gasteiger partial charge in [0.1, 0.15) is 0 Å². The first-order chi connectivity index (χ1) is 4.46. The number of hydrogen-bond donors (Lipinski definition) is 2. The van der Waals surface area contributed by atoms with Crippen molar-refractivity contribution in [1.82, 2.24) is 0 Å². The van der Waals surface area contributed by atoms with Crippen LogP contribution in [0.4, 0.5) is 0 Å². The number of rotatable bonds is 2. The molecule has 0 heterocycles. The van der Waals surface area contributed by atoms with Gasteiger partial charge in [-0.25, -0.2) is 4.79 Å². The molecule has 0 fully saturated rings. The molecule has 0 bridgehead atoms. The van der Waals surface area contributed by atoms with E-state index in [1.165, 1.54) is 6.92 Å². The largest absolute Gasteiger partial charge is 0.807 e. The van der Waals surface area contributed by atoms with Gasteiger partial charge in [-0.3, -0.25) is 0 Å². The molecular formula is C5H5INO2S-. The Morgan fingerprint density at radius 1 is 1.70 bits per heavy atom. The van der Waals surface area contributed by atoms with Gasteiger partial charge >= 0.3 is 5.97 Å². The maximum atomic E-state index is 10.3. The summed E-state index contributed by atoms with van der Waals surface area (Å²) in [4.78, 5) is 10.3. The summed E-state index contributed by atoms with van der Waals surface area (Å²) in [6.45, 7) is 1.30. The van der Waals surface area contributed by atoms with Gasteiger partial charge in [0, 0.05) is 0 Å². The zero-order valence-electron chi connectivity index (χ0n) is 5.13. The molecule has 0 saturated heterocycles. The molecule has 0 aromatic rings. The van der Waals surface area contributed by atoms with E-state index in [1.807, 2.05) is 0 Å². The summed E-state index contributed by atoms with van der Waals surface area (Å²) in [6, 6.07) is 0. The minimum Gasteiger partial charge on any atom is -0.807 e. The minimum absolute atomic E-state index is 0.149. The molecule has 0 aliphatic carbocycles. The lowest BCUT2D eigenvalue weighted by atomic mass is 10.2. The average molecular weight is 270 g/mol. The summed E-state index contributed by atoms with van der Waals surface area (Å²) in [7, 11) is 0. The smallest absolute Gasteiger partial charge is 0.335 e. The van der Waals surface area contributed by atoms with E-state index in [0.717, 1.165) is 0 Å². The molecule has 0 rings (SSSR count). The van der Waals surface area contributed by atoms with Crippen LogP contribution in [0.3, 0.4) is 0 Å². The number of thiol groups is 1. The van der Waals surface area contributed by atoms with E-state index >= 15 is 0 Å². The van der Waals surface area contributed by atoms with Gasteiger partial charge in [0.15, 0.2) is 0 Å². The minimum atomic E-state index is -1.17. The lowest BCUT2D eigenvalue weighted by molar-refractivity contribution is -0.132. The fraction of sp³-hybridized carbons (Fsp3) is 0.200. The molecule has 0 aromatic heterocycles. The standard InChI is InChI=1S/C5H5INO2S/c1-2(7)3(4(6)10)5(8)9/h10H,1H3,(H,8,9)/q-1/b4-3+. The zero-order valence-corrected chi connectivity index (χ0v) is 8.18. The van der Waals surface area contributed by atoms with Gasteiger partial charge in [0.05, 0.1) is 8.48 Å². The van der Waals surface area contributed by atoms with E-state index < -0.39 is 5.97 Å². The number of carboxylic acids is 1.